The summed E-state index contributed by atoms with van der Waals surface area (Å²) in [6.07, 6.45) is 4.99. The number of halogens is 1. The van der Waals surface area contributed by atoms with Crippen molar-refractivity contribution in [2.24, 2.45) is 0 Å². The van der Waals surface area contributed by atoms with Crippen molar-refractivity contribution in [3.05, 3.63) is 78.8 Å². The van der Waals surface area contributed by atoms with Gasteiger partial charge in [-0.25, -0.2) is 4.39 Å². The number of carbonyl (C=O) groups excluding carboxylic acids is 1. The number of hydrogen-bond acceptors (Lipinski definition) is 6. The number of carbonyl (C=O) groups is 1. The summed E-state index contributed by atoms with van der Waals surface area (Å²) in [7, 11) is 0. The molecular formula is C20H16FN5O2S. The molecule has 0 spiro atoms. The summed E-state index contributed by atoms with van der Waals surface area (Å²) in [6.45, 7) is 0.415. The maximum Gasteiger partial charge on any atom is 0.234 e. The van der Waals surface area contributed by atoms with E-state index >= 15 is 0 Å². The van der Waals surface area contributed by atoms with E-state index in [2.05, 4.69) is 20.5 Å². The number of rotatable bonds is 7. The first kappa shape index (κ1) is 18.9. The lowest BCUT2D eigenvalue weighted by Gasteiger charge is -2.09. The minimum Gasteiger partial charge on any atom is -0.467 e. The minimum absolute atomic E-state index is 0.0971. The highest BCUT2D eigenvalue weighted by atomic mass is 32.2. The van der Waals surface area contributed by atoms with Gasteiger partial charge in [-0.3, -0.25) is 14.3 Å². The van der Waals surface area contributed by atoms with Crippen LogP contribution in [0.2, 0.25) is 0 Å². The van der Waals surface area contributed by atoms with Crippen molar-refractivity contribution in [3.8, 4) is 11.4 Å². The molecule has 1 N–H and O–H groups in total. The summed E-state index contributed by atoms with van der Waals surface area (Å²) >= 11 is 1.24. The summed E-state index contributed by atoms with van der Waals surface area (Å²) in [4.78, 5) is 16.4. The second kappa shape index (κ2) is 8.70. The average molecular weight is 409 g/mol. The normalized spacial score (nSPS) is 10.8. The van der Waals surface area contributed by atoms with Gasteiger partial charge in [-0.05, 0) is 42.5 Å². The van der Waals surface area contributed by atoms with Crippen LogP contribution in [0.4, 0.5) is 10.1 Å². The maximum absolute atomic E-state index is 13.3. The second-order valence-corrected chi connectivity index (χ2v) is 7.00. The van der Waals surface area contributed by atoms with E-state index in [9.17, 15) is 9.18 Å². The molecule has 0 aliphatic carbocycles. The zero-order chi connectivity index (χ0) is 20.1. The molecule has 9 heteroatoms. The SMILES string of the molecule is O=C(CSc1nnc(-c2cccnc2)n1Cc1ccco1)Nc1cccc(F)c1. The second-order valence-electron chi connectivity index (χ2n) is 6.06. The Balaban J connectivity index is 1.52. The Labute approximate surface area is 170 Å². The van der Waals surface area contributed by atoms with Crippen LogP contribution in [-0.4, -0.2) is 31.4 Å². The lowest BCUT2D eigenvalue weighted by molar-refractivity contribution is -0.113. The van der Waals surface area contributed by atoms with Crippen molar-refractivity contribution >= 4 is 23.4 Å². The van der Waals surface area contributed by atoms with E-state index < -0.39 is 5.82 Å². The number of anilines is 1. The molecule has 1 amide bonds. The van der Waals surface area contributed by atoms with Gasteiger partial charge in [0.15, 0.2) is 11.0 Å². The van der Waals surface area contributed by atoms with Gasteiger partial charge < -0.3 is 9.73 Å². The van der Waals surface area contributed by atoms with Crippen molar-refractivity contribution in [2.45, 2.75) is 11.7 Å². The first-order valence-electron chi connectivity index (χ1n) is 8.73. The van der Waals surface area contributed by atoms with Gasteiger partial charge in [0.05, 0.1) is 18.6 Å². The van der Waals surface area contributed by atoms with Crippen molar-refractivity contribution in [2.75, 3.05) is 11.1 Å². The van der Waals surface area contributed by atoms with Crippen LogP contribution in [0.25, 0.3) is 11.4 Å². The van der Waals surface area contributed by atoms with E-state index in [1.54, 1.807) is 24.7 Å². The predicted octanol–water partition coefficient (Wildman–Crippen LogP) is 3.85. The van der Waals surface area contributed by atoms with E-state index in [0.29, 0.717) is 23.2 Å². The Morgan fingerprint density at radius 1 is 1.17 bits per heavy atom. The molecule has 0 fully saturated rings. The Kier molecular flexibility index (Phi) is 5.66. The summed E-state index contributed by atoms with van der Waals surface area (Å²) in [5, 5.41) is 11.7. The molecule has 0 aliphatic heterocycles. The molecule has 4 rings (SSSR count). The molecule has 3 aromatic heterocycles. The summed E-state index contributed by atoms with van der Waals surface area (Å²) in [6, 6.07) is 13.1. The first-order chi connectivity index (χ1) is 14.2. The van der Waals surface area contributed by atoms with Crippen LogP contribution < -0.4 is 5.32 Å². The zero-order valence-electron chi connectivity index (χ0n) is 15.2. The molecule has 29 heavy (non-hydrogen) atoms. The third kappa shape index (κ3) is 4.69. The number of amides is 1. The number of nitrogens with one attached hydrogen (secondary N) is 1. The number of nitrogens with zero attached hydrogens (tertiary/aromatic N) is 4. The highest BCUT2D eigenvalue weighted by Gasteiger charge is 2.17. The van der Waals surface area contributed by atoms with Gasteiger partial charge in [-0.15, -0.1) is 10.2 Å². The van der Waals surface area contributed by atoms with Gasteiger partial charge >= 0.3 is 0 Å². The minimum atomic E-state index is -0.408. The molecule has 3 heterocycles. The largest absolute Gasteiger partial charge is 0.467 e. The van der Waals surface area contributed by atoms with Crippen LogP contribution >= 0.6 is 11.8 Å². The smallest absolute Gasteiger partial charge is 0.234 e. The molecule has 4 aromatic rings. The first-order valence-corrected chi connectivity index (χ1v) is 9.72. The fourth-order valence-corrected chi connectivity index (χ4v) is 3.44. The lowest BCUT2D eigenvalue weighted by Crippen LogP contribution is -2.15. The number of thioether (sulfide) groups is 1. The molecule has 146 valence electrons. The molecule has 0 saturated carbocycles. The molecule has 0 aliphatic rings. The average Bonchev–Trinajstić information content (AvgIpc) is 3.38. The standard InChI is InChI=1S/C20H16FN5O2S/c21-15-5-1-6-16(10-15)23-18(27)13-29-20-25-24-19(14-4-2-8-22-11-14)26(20)12-17-7-3-9-28-17/h1-11H,12-13H2,(H,23,27). The van der Waals surface area contributed by atoms with Crippen molar-refractivity contribution in [3.63, 3.8) is 0 Å². The Hall–Kier alpha value is -3.46. The lowest BCUT2D eigenvalue weighted by atomic mass is 10.2. The van der Waals surface area contributed by atoms with Crippen LogP contribution in [-0.2, 0) is 11.3 Å². The Morgan fingerprint density at radius 3 is 2.86 bits per heavy atom. The fraction of sp³-hybridized carbons (Fsp3) is 0.100. The zero-order valence-corrected chi connectivity index (χ0v) is 16.0. The highest BCUT2D eigenvalue weighted by molar-refractivity contribution is 7.99. The monoisotopic (exact) mass is 409 g/mol. The molecule has 7 nitrogen and oxygen atoms in total. The van der Waals surface area contributed by atoms with Gasteiger partial charge in [0.1, 0.15) is 11.6 Å². The predicted molar refractivity (Wildman–Crippen MR) is 107 cm³/mol. The molecular weight excluding hydrogens is 393 g/mol. The van der Waals surface area contributed by atoms with E-state index in [0.717, 1.165) is 11.3 Å². The number of aromatic nitrogens is 4. The summed E-state index contributed by atoms with van der Waals surface area (Å²) in [5.41, 5.74) is 1.21. The highest BCUT2D eigenvalue weighted by Crippen LogP contribution is 2.25. The van der Waals surface area contributed by atoms with Gasteiger partial charge in [0.25, 0.3) is 0 Å². The molecule has 0 atom stereocenters. The summed E-state index contributed by atoms with van der Waals surface area (Å²) < 4.78 is 20.6. The molecule has 0 saturated heterocycles. The number of hydrogen-bond donors (Lipinski definition) is 1. The molecule has 0 unspecified atom stereocenters. The van der Waals surface area contributed by atoms with Crippen LogP contribution in [0.3, 0.4) is 0 Å². The van der Waals surface area contributed by atoms with Crippen molar-refractivity contribution < 1.29 is 13.6 Å². The molecule has 0 bridgehead atoms. The van der Waals surface area contributed by atoms with Gasteiger partial charge in [0, 0.05) is 23.6 Å². The number of pyridine rings is 1. The van der Waals surface area contributed by atoms with E-state index in [-0.39, 0.29) is 11.7 Å². The van der Waals surface area contributed by atoms with Crippen LogP contribution in [0, 0.1) is 5.82 Å². The van der Waals surface area contributed by atoms with Crippen LogP contribution in [0.15, 0.2) is 76.8 Å². The van der Waals surface area contributed by atoms with Gasteiger partial charge in [-0.1, -0.05) is 17.8 Å². The third-order valence-electron chi connectivity index (χ3n) is 3.97. The Bertz CT molecular complexity index is 1100. The van der Waals surface area contributed by atoms with Gasteiger partial charge in [-0.2, -0.15) is 0 Å². The Morgan fingerprint density at radius 2 is 2.10 bits per heavy atom. The third-order valence-corrected chi connectivity index (χ3v) is 4.94. The van der Waals surface area contributed by atoms with E-state index in [1.165, 1.54) is 30.0 Å². The molecule has 0 radical (unpaired) electrons. The fourth-order valence-electron chi connectivity index (χ4n) is 2.70. The summed E-state index contributed by atoms with van der Waals surface area (Å²) in [5.74, 6) is 0.786. The van der Waals surface area contributed by atoms with E-state index in [1.807, 2.05) is 28.8 Å². The van der Waals surface area contributed by atoms with Crippen molar-refractivity contribution in [1.29, 1.82) is 0 Å². The quantitative estimate of drug-likeness (QED) is 0.467. The van der Waals surface area contributed by atoms with Crippen LogP contribution in [0.5, 0.6) is 0 Å². The number of benzene rings is 1. The maximum atomic E-state index is 13.3. The number of furan rings is 1. The van der Waals surface area contributed by atoms with Crippen molar-refractivity contribution in [1.82, 2.24) is 19.7 Å². The topological polar surface area (TPSA) is 85.8 Å². The van der Waals surface area contributed by atoms with Gasteiger partial charge in [0.2, 0.25) is 5.91 Å². The van der Waals surface area contributed by atoms with Crippen LogP contribution in [0.1, 0.15) is 5.76 Å². The molecule has 1 aromatic carbocycles. The van der Waals surface area contributed by atoms with E-state index in [4.69, 9.17) is 4.42 Å².